The number of carbonyl (C=O) groups excluding carboxylic acids is 1. The van der Waals surface area contributed by atoms with E-state index in [1.54, 1.807) is 30.3 Å². The standard InChI is InChI=1S/C15H13N3O4S.C7H5FO2/c1-18-13(15(20)17-12-8-4-5-9-16-12)14(19)10-6-2-3-7-11(10)23(18,21)22;8-6-3-1-5(2-4-6)7(9)10/h2-9,19H,1H3,(H,16,17,20);1-4H,(H,9,10). The minimum absolute atomic E-state index is 0.0469. The van der Waals surface area contributed by atoms with Crippen LogP contribution in [-0.2, 0) is 14.8 Å². The SMILES string of the molecule is CN1C(C(=O)Nc2ccccn2)=C(O)c2ccccc2S1(=O)=O.O=C(O)c1ccc(F)cc1. The van der Waals surface area contributed by atoms with Gasteiger partial charge in [-0.3, -0.25) is 9.10 Å². The van der Waals surface area contributed by atoms with Crippen LogP contribution in [0.25, 0.3) is 5.76 Å². The molecule has 2 heterocycles. The number of nitrogens with one attached hydrogen (secondary N) is 1. The van der Waals surface area contributed by atoms with Crippen LogP contribution in [0.5, 0.6) is 0 Å². The van der Waals surface area contributed by atoms with Gasteiger partial charge >= 0.3 is 5.97 Å². The highest BCUT2D eigenvalue weighted by Crippen LogP contribution is 2.34. The number of aromatic nitrogens is 1. The smallest absolute Gasteiger partial charge is 0.335 e. The van der Waals surface area contributed by atoms with Crippen molar-refractivity contribution in [3.8, 4) is 0 Å². The van der Waals surface area contributed by atoms with Gasteiger partial charge in [-0.05, 0) is 48.5 Å². The van der Waals surface area contributed by atoms with E-state index in [1.807, 2.05) is 0 Å². The van der Waals surface area contributed by atoms with Gasteiger partial charge in [0.2, 0.25) is 0 Å². The van der Waals surface area contributed by atoms with Gasteiger partial charge in [0, 0.05) is 18.8 Å². The molecule has 0 bridgehead atoms. The minimum Gasteiger partial charge on any atom is -0.505 e. The largest absolute Gasteiger partial charge is 0.505 e. The van der Waals surface area contributed by atoms with Gasteiger partial charge in [-0.25, -0.2) is 22.6 Å². The van der Waals surface area contributed by atoms with Crippen molar-refractivity contribution in [3.05, 3.63) is 95.6 Å². The molecule has 1 aromatic heterocycles. The van der Waals surface area contributed by atoms with E-state index >= 15 is 0 Å². The van der Waals surface area contributed by atoms with Gasteiger partial charge in [0.25, 0.3) is 15.9 Å². The number of pyridine rings is 1. The number of rotatable bonds is 3. The van der Waals surface area contributed by atoms with E-state index in [2.05, 4.69) is 10.3 Å². The minimum atomic E-state index is -3.91. The molecule has 0 radical (unpaired) electrons. The number of nitrogens with zero attached hydrogens (tertiary/aromatic N) is 2. The van der Waals surface area contributed by atoms with E-state index in [0.717, 1.165) is 16.4 Å². The summed E-state index contributed by atoms with van der Waals surface area (Å²) in [6, 6.07) is 15.5. The Morgan fingerprint density at radius 3 is 2.24 bits per heavy atom. The summed E-state index contributed by atoms with van der Waals surface area (Å²) in [5.41, 5.74) is -0.160. The van der Waals surface area contributed by atoms with Crippen LogP contribution in [0, 0.1) is 5.82 Å². The Balaban J connectivity index is 0.000000257. The third kappa shape index (κ3) is 4.99. The molecule has 0 aliphatic carbocycles. The molecule has 1 aliphatic rings. The van der Waals surface area contributed by atoms with Gasteiger partial charge in [0.15, 0.2) is 11.5 Å². The van der Waals surface area contributed by atoms with Crippen LogP contribution in [0.15, 0.2) is 83.5 Å². The molecule has 0 unspecified atom stereocenters. The van der Waals surface area contributed by atoms with Gasteiger partial charge in [-0.1, -0.05) is 18.2 Å². The average Bonchev–Trinajstić information content (AvgIpc) is 2.79. The quantitative estimate of drug-likeness (QED) is 0.534. The van der Waals surface area contributed by atoms with Gasteiger partial charge < -0.3 is 15.5 Å². The molecule has 1 aliphatic heterocycles. The van der Waals surface area contributed by atoms with E-state index in [9.17, 15) is 27.5 Å². The van der Waals surface area contributed by atoms with Crippen molar-refractivity contribution < 1.29 is 32.6 Å². The summed E-state index contributed by atoms with van der Waals surface area (Å²) in [5.74, 6) is -2.37. The van der Waals surface area contributed by atoms with Crippen LogP contribution in [0.2, 0.25) is 0 Å². The van der Waals surface area contributed by atoms with Crippen molar-refractivity contribution in [1.82, 2.24) is 9.29 Å². The lowest BCUT2D eigenvalue weighted by molar-refractivity contribution is -0.113. The molecule has 0 fully saturated rings. The van der Waals surface area contributed by atoms with Gasteiger partial charge in [0.05, 0.1) is 10.5 Å². The number of aliphatic hydroxyl groups excluding tert-OH is 1. The lowest BCUT2D eigenvalue weighted by Crippen LogP contribution is -2.37. The number of aliphatic hydroxyl groups is 1. The van der Waals surface area contributed by atoms with E-state index in [0.29, 0.717) is 0 Å². The maximum atomic E-state index is 12.5. The highest BCUT2D eigenvalue weighted by atomic mass is 32.2. The summed E-state index contributed by atoms with van der Waals surface area (Å²) in [6.07, 6.45) is 1.49. The molecule has 11 heteroatoms. The molecule has 0 saturated carbocycles. The van der Waals surface area contributed by atoms with Gasteiger partial charge in [0.1, 0.15) is 11.6 Å². The molecule has 33 heavy (non-hydrogen) atoms. The molecule has 2 aromatic carbocycles. The first-order valence-corrected chi connectivity index (χ1v) is 10.8. The third-order valence-corrected chi connectivity index (χ3v) is 6.35. The normalized spacial score (nSPS) is 13.9. The third-order valence-electron chi connectivity index (χ3n) is 4.53. The summed E-state index contributed by atoms with van der Waals surface area (Å²) in [5, 5.41) is 21.2. The lowest BCUT2D eigenvalue weighted by Gasteiger charge is -2.28. The van der Waals surface area contributed by atoms with Gasteiger partial charge in [-0.15, -0.1) is 0 Å². The fourth-order valence-electron chi connectivity index (χ4n) is 2.89. The van der Waals surface area contributed by atoms with Crippen LogP contribution in [0.3, 0.4) is 0 Å². The van der Waals surface area contributed by atoms with Crippen molar-refractivity contribution in [3.63, 3.8) is 0 Å². The first-order chi connectivity index (χ1) is 15.6. The summed E-state index contributed by atoms with van der Waals surface area (Å²) in [6.45, 7) is 0. The number of halogens is 1. The fourth-order valence-corrected chi connectivity index (χ4v) is 4.28. The second-order valence-corrected chi connectivity index (χ2v) is 8.58. The molecule has 9 nitrogen and oxygen atoms in total. The maximum absolute atomic E-state index is 12.5. The number of anilines is 1. The first kappa shape index (κ1) is 23.4. The van der Waals surface area contributed by atoms with Crippen LogP contribution >= 0.6 is 0 Å². The molecule has 1 amide bonds. The van der Waals surface area contributed by atoms with Crippen molar-refractivity contribution in [2.75, 3.05) is 12.4 Å². The second kappa shape index (κ2) is 9.49. The van der Waals surface area contributed by atoms with Gasteiger partial charge in [-0.2, -0.15) is 0 Å². The topological polar surface area (TPSA) is 137 Å². The molecule has 3 N–H and O–H groups in total. The Kier molecular flexibility index (Phi) is 6.73. The Labute approximate surface area is 188 Å². The van der Waals surface area contributed by atoms with E-state index in [1.165, 1.54) is 37.5 Å². The molecular weight excluding hydrogens is 453 g/mol. The number of benzene rings is 2. The summed E-state index contributed by atoms with van der Waals surface area (Å²) in [7, 11) is -2.69. The molecule has 0 atom stereocenters. The zero-order chi connectivity index (χ0) is 24.2. The maximum Gasteiger partial charge on any atom is 0.335 e. The predicted octanol–water partition coefficient (Wildman–Crippen LogP) is 3.10. The first-order valence-electron chi connectivity index (χ1n) is 9.35. The van der Waals surface area contributed by atoms with Crippen LogP contribution in [0.1, 0.15) is 15.9 Å². The highest BCUT2D eigenvalue weighted by Gasteiger charge is 2.37. The molecular formula is C22H18FN3O6S. The zero-order valence-electron chi connectivity index (χ0n) is 17.1. The van der Waals surface area contributed by atoms with Crippen molar-refractivity contribution >= 4 is 33.5 Å². The van der Waals surface area contributed by atoms with Crippen molar-refractivity contribution in [2.24, 2.45) is 0 Å². The van der Waals surface area contributed by atoms with E-state index in [4.69, 9.17) is 5.11 Å². The lowest BCUT2D eigenvalue weighted by atomic mass is 10.1. The average molecular weight is 471 g/mol. The summed E-state index contributed by atoms with van der Waals surface area (Å²) in [4.78, 5) is 26.5. The predicted molar refractivity (Wildman–Crippen MR) is 117 cm³/mol. The molecule has 4 rings (SSSR count). The summed E-state index contributed by atoms with van der Waals surface area (Å²) < 4.78 is 37.9. The highest BCUT2D eigenvalue weighted by molar-refractivity contribution is 7.89. The Morgan fingerprint density at radius 1 is 1.00 bits per heavy atom. The number of carboxylic acid groups (broad SMARTS) is 1. The number of amides is 1. The summed E-state index contributed by atoms with van der Waals surface area (Å²) >= 11 is 0. The fraction of sp³-hybridized carbons (Fsp3) is 0.0455. The monoisotopic (exact) mass is 471 g/mol. The zero-order valence-corrected chi connectivity index (χ0v) is 18.0. The number of fused-ring (bicyclic) bond motifs is 1. The Morgan fingerprint density at radius 2 is 1.64 bits per heavy atom. The molecule has 3 aromatic rings. The molecule has 0 spiro atoms. The number of sulfonamides is 1. The van der Waals surface area contributed by atoms with E-state index < -0.39 is 33.5 Å². The van der Waals surface area contributed by atoms with Crippen molar-refractivity contribution in [1.29, 1.82) is 0 Å². The van der Waals surface area contributed by atoms with Crippen molar-refractivity contribution in [2.45, 2.75) is 4.90 Å². The number of likely N-dealkylation sites (N-methyl/N-ethyl adjacent to an activating group) is 1. The Hall–Kier alpha value is -4.25. The molecule has 0 saturated heterocycles. The van der Waals surface area contributed by atoms with Crippen LogP contribution in [0.4, 0.5) is 10.2 Å². The van der Waals surface area contributed by atoms with Crippen LogP contribution < -0.4 is 5.32 Å². The number of carbonyl (C=O) groups is 2. The second-order valence-electron chi connectivity index (χ2n) is 6.65. The Bertz CT molecular complexity index is 1330. The van der Waals surface area contributed by atoms with Crippen LogP contribution in [-0.4, -0.2) is 46.8 Å². The van der Waals surface area contributed by atoms with E-state index in [-0.39, 0.29) is 27.5 Å². The number of hydrogen-bond acceptors (Lipinski definition) is 6. The number of hydrogen-bond donors (Lipinski definition) is 3. The molecule has 170 valence electrons. The number of aromatic carboxylic acids is 1. The number of carboxylic acids is 1.